The number of halogens is 2. The zero-order valence-corrected chi connectivity index (χ0v) is 14.1. The topological polar surface area (TPSA) is 55.2 Å². The van der Waals surface area contributed by atoms with Gasteiger partial charge in [0, 0.05) is 29.7 Å². The fourth-order valence-corrected chi connectivity index (χ4v) is 3.15. The van der Waals surface area contributed by atoms with Crippen LogP contribution in [0.1, 0.15) is 23.1 Å². The normalized spacial score (nSPS) is 16.3. The van der Waals surface area contributed by atoms with E-state index in [9.17, 15) is 10.1 Å². The zero-order valence-electron chi connectivity index (χ0n) is 12.5. The lowest BCUT2D eigenvalue weighted by atomic mass is 9.88. The minimum absolute atomic E-state index is 0. The minimum atomic E-state index is -0.330. The second kappa shape index (κ2) is 7.77. The fourth-order valence-electron chi connectivity index (χ4n) is 2.94. The summed E-state index contributed by atoms with van der Waals surface area (Å²) in [5.74, 6) is 0. The summed E-state index contributed by atoms with van der Waals surface area (Å²) in [6.45, 7) is 0.759. The molecule has 6 heteroatoms. The number of rotatable bonds is 4. The van der Waals surface area contributed by atoms with Crippen LogP contribution < -0.4 is 5.32 Å². The third-order valence-corrected chi connectivity index (χ3v) is 4.35. The summed E-state index contributed by atoms with van der Waals surface area (Å²) >= 11 is 5.99. The summed E-state index contributed by atoms with van der Waals surface area (Å²) in [6.07, 6.45) is 2.84. The number of fused-ring (bicyclic) bond motifs is 1. The van der Waals surface area contributed by atoms with Crippen molar-refractivity contribution >= 4 is 29.7 Å². The van der Waals surface area contributed by atoms with E-state index in [1.807, 2.05) is 30.3 Å². The zero-order chi connectivity index (χ0) is 15.5. The Morgan fingerprint density at radius 3 is 2.78 bits per heavy atom. The van der Waals surface area contributed by atoms with E-state index in [0.717, 1.165) is 42.0 Å². The first kappa shape index (κ1) is 17.7. The molecule has 0 spiro atoms. The molecule has 122 valence electrons. The number of nitro groups is 1. The van der Waals surface area contributed by atoms with Crippen LogP contribution >= 0.6 is 24.0 Å². The Morgan fingerprint density at radius 1 is 1.22 bits per heavy atom. The second-order valence-electron chi connectivity index (χ2n) is 5.66. The molecule has 1 atom stereocenters. The average Bonchev–Trinajstić information content (AvgIpc) is 2.52. The van der Waals surface area contributed by atoms with E-state index in [4.69, 9.17) is 11.6 Å². The molecule has 1 unspecified atom stereocenters. The predicted molar refractivity (Wildman–Crippen MR) is 94.4 cm³/mol. The van der Waals surface area contributed by atoms with Crippen LogP contribution in [-0.2, 0) is 19.4 Å². The van der Waals surface area contributed by atoms with Crippen molar-refractivity contribution in [2.75, 3.05) is 0 Å². The average molecular weight is 353 g/mol. The van der Waals surface area contributed by atoms with E-state index < -0.39 is 0 Å². The van der Waals surface area contributed by atoms with E-state index in [1.165, 1.54) is 5.56 Å². The van der Waals surface area contributed by atoms with Gasteiger partial charge in [-0.2, -0.15) is 0 Å². The summed E-state index contributed by atoms with van der Waals surface area (Å²) in [5, 5.41) is 15.2. The molecule has 3 rings (SSSR count). The van der Waals surface area contributed by atoms with Crippen molar-refractivity contribution < 1.29 is 4.92 Å². The molecular formula is C17H18Cl2N2O2. The molecule has 4 nitrogen and oxygen atoms in total. The Balaban J connectivity index is 0.00000192. The molecule has 0 saturated heterocycles. The van der Waals surface area contributed by atoms with Crippen molar-refractivity contribution in [3.05, 3.63) is 74.3 Å². The number of hydrogen-bond acceptors (Lipinski definition) is 3. The third-order valence-electron chi connectivity index (χ3n) is 4.11. The number of aryl methyl sites for hydroxylation is 1. The van der Waals surface area contributed by atoms with Gasteiger partial charge in [-0.25, -0.2) is 0 Å². The molecule has 1 N–H and O–H groups in total. The molecule has 0 radical (unpaired) electrons. The quantitative estimate of drug-likeness (QED) is 0.658. The van der Waals surface area contributed by atoms with Crippen LogP contribution in [0.2, 0.25) is 5.02 Å². The van der Waals surface area contributed by atoms with Crippen molar-refractivity contribution in [3.8, 4) is 0 Å². The Bertz CT molecular complexity index is 707. The van der Waals surface area contributed by atoms with Crippen molar-refractivity contribution in [3.63, 3.8) is 0 Å². The smallest absolute Gasteiger partial charge is 0.269 e. The molecule has 0 aliphatic heterocycles. The lowest BCUT2D eigenvalue weighted by molar-refractivity contribution is -0.384. The minimum Gasteiger partial charge on any atom is -0.310 e. The van der Waals surface area contributed by atoms with E-state index >= 15 is 0 Å². The Hall–Kier alpha value is -1.62. The number of hydrogen-bond donors (Lipinski definition) is 1. The molecule has 2 aromatic carbocycles. The van der Waals surface area contributed by atoms with E-state index in [0.29, 0.717) is 6.04 Å². The lowest BCUT2D eigenvalue weighted by Gasteiger charge is -2.25. The Labute approximate surface area is 146 Å². The highest BCUT2D eigenvalue weighted by molar-refractivity contribution is 6.30. The number of nitro benzene ring substituents is 1. The van der Waals surface area contributed by atoms with E-state index in [1.54, 1.807) is 12.1 Å². The predicted octanol–water partition coefficient (Wildman–Crippen LogP) is 4.32. The van der Waals surface area contributed by atoms with E-state index in [2.05, 4.69) is 5.32 Å². The van der Waals surface area contributed by atoms with Crippen LogP contribution in [0, 0.1) is 10.1 Å². The highest BCUT2D eigenvalue weighted by Gasteiger charge is 2.20. The molecule has 0 aromatic heterocycles. The molecule has 23 heavy (non-hydrogen) atoms. The highest BCUT2D eigenvalue weighted by atomic mass is 35.5. The van der Waals surface area contributed by atoms with Gasteiger partial charge in [-0.15, -0.1) is 12.4 Å². The monoisotopic (exact) mass is 352 g/mol. The van der Waals surface area contributed by atoms with Gasteiger partial charge >= 0.3 is 0 Å². The van der Waals surface area contributed by atoms with Crippen LogP contribution in [0.25, 0.3) is 0 Å². The maximum Gasteiger partial charge on any atom is 0.269 e. The van der Waals surface area contributed by atoms with Gasteiger partial charge in [-0.3, -0.25) is 10.1 Å². The van der Waals surface area contributed by atoms with Gasteiger partial charge in [-0.05, 0) is 48.1 Å². The highest BCUT2D eigenvalue weighted by Crippen LogP contribution is 2.25. The SMILES string of the molecule is Cl.O=[N+]([O-])c1ccc2c(c1)CC(NCc1cccc(Cl)c1)CC2. The molecular weight excluding hydrogens is 335 g/mol. The third kappa shape index (κ3) is 4.44. The Kier molecular flexibility index (Phi) is 5.99. The second-order valence-corrected chi connectivity index (χ2v) is 6.10. The molecule has 0 fully saturated rings. The van der Waals surface area contributed by atoms with Crippen LogP contribution in [0.15, 0.2) is 42.5 Å². The standard InChI is InChI=1S/C17H17ClN2O2.ClH/c18-15-3-1-2-12(8-15)11-19-16-6-4-13-5-7-17(20(21)22)10-14(13)9-16;/h1-3,5,7-8,10,16,19H,4,6,9,11H2;1H. The molecule has 2 aromatic rings. The van der Waals surface area contributed by atoms with Gasteiger partial charge in [0.25, 0.3) is 5.69 Å². The van der Waals surface area contributed by atoms with E-state index in [-0.39, 0.29) is 23.0 Å². The molecule has 0 saturated carbocycles. The molecule has 0 heterocycles. The lowest BCUT2D eigenvalue weighted by Crippen LogP contribution is -2.34. The number of non-ortho nitro benzene ring substituents is 1. The summed E-state index contributed by atoms with van der Waals surface area (Å²) < 4.78 is 0. The largest absolute Gasteiger partial charge is 0.310 e. The van der Waals surface area contributed by atoms with Crippen LogP contribution in [0.5, 0.6) is 0 Å². The maximum atomic E-state index is 10.9. The first-order valence-corrected chi connectivity index (χ1v) is 7.73. The number of nitrogens with one attached hydrogen (secondary N) is 1. The maximum absolute atomic E-state index is 10.9. The number of benzene rings is 2. The summed E-state index contributed by atoms with van der Waals surface area (Å²) in [4.78, 5) is 10.6. The fraction of sp³-hybridized carbons (Fsp3) is 0.294. The van der Waals surface area contributed by atoms with Gasteiger partial charge in [0.15, 0.2) is 0 Å². The van der Waals surface area contributed by atoms with Crippen molar-refractivity contribution in [1.29, 1.82) is 0 Å². The first-order valence-electron chi connectivity index (χ1n) is 7.36. The summed E-state index contributed by atoms with van der Waals surface area (Å²) in [6, 6.07) is 13.3. The first-order chi connectivity index (χ1) is 10.6. The molecule has 1 aliphatic rings. The summed E-state index contributed by atoms with van der Waals surface area (Å²) in [5.41, 5.74) is 3.64. The molecule has 0 bridgehead atoms. The Morgan fingerprint density at radius 2 is 2.04 bits per heavy atom. The molecule has 0 amide bonds. The van der Waals surface area contributed by atoms with Crippen molar-refractivity contribution in [1.82, 2.24) is 5.32 Å². The van der Waals surface area contributed by atoms with Gasteiger partial charge in [0.1, 0.15) is 0 Å². The van der Waals surface area contributed by atoms with Gasteiger partial charge < -0.3 is 5.32 Å². The van der Waals surface area contributed by atoms with Gasteiger partial charge in [0.2, 0.25) is 0 Å². The number of nitrogens with zero attached hydrogens (tertiary/aromatic N) is 1. The molecule has 1 aliphatic carbocycles. The van der Waals surface area contributed by atoms with Crippen LogP contribution in [0.3, 0.4) is 0 Å². The van der Waals surface area contributed by atoms with Crippen LogP contribution in [0.4, 0.5) is 5.69 Å². The van der Waals surface area contributed by atoms with Gasteiger partial charge in [-0.1, -0.05) is 29.8 Å². The van der Waals surface area contributed by atoms with Crippen LogP contribution in [-0.4, -0.2) is 11.0 Å². The van der Waals surface area contributed by atoms with Crippen molar-refractivity contribution in [2.45, 2.75) is 31.8 Å². The van der Waals surface area contributed by atoms with Gasteiger partial charge in [0.05, 0.1) is 4.92 Å². The summed E-state index contributed by atoms with van der Waals surface area (Å²) in [7, 11) is 0. The van der Waals surface area contributed by atoms with Crippen molar-refractivity contribution in [2.24, 2.45) is 0 Å².